The number of fused-ring (bicyclic) bond motifs is 3. The molecule has 21 heavy (non-hydrogen) atoms. The van der Waals surface area contributed by atoms with Gasteiger partial charge in [-0.2, -0.15) is 4.98 Å². The maximum Gasteiger partial charge on any atom is 0.511 e. The summed E-state index contributed by atoms with van der Waals surface area (Å²) in [5.74, 6) is 0.708. The van der Waals surface area contributed by atoms with Crippen molar-refractivity contribution in [3.8, 4) is 11.5 Å². The van der Waals surface area contributed by atoms with Crippen LogP contribution in [0.5, 0.6) is 11.5 Å². The van der Waals surface area contributed by atoms with Gasteiger partial charge in [0.05, 0.1) is 23.0 Å². The van der Waals surface area contributed by atoms with Crippen LogP contribution in [0.1, 0.15) is 6.92 Å². The van der Waals surface area contributed by atoms with E-state index in [1.54, 1.807) is 18.2 Å². The topological polar surface area (TPSA) is 90.1 Å². The van der Waals surface area contributed by atoms with Crippen molar-refractivity contribution in [2.45, 2.75) is 6.92 Å². The van der Waals surface area contributed by atoms with Crippen molar-refractivity contribution in [2.24, 2.45) is 0 Å². The van der Waals surface area contributed by atoms with Gasteiger partial charge in [0, 0.05) is 0 Å². The number of thiazole rings is 1. The fourth-order valence-corrected chi connectivity index (χ4v) is 3.13. The van der Waals surface area contributed by atoms with E-state index >= 15 is 0 Å². The van der Waals surface area contributed by atoms with E-state index in [0.717, 1.165) is 10.9 Å². The van der Waals surface area contributed by atoms with Gasteiger partial charge in [-0.05, 0) is 25.1 Å². The molecule has 0 atom stereocenters. The van der Waals surface area contributed by atoms with E-state index in [1.165, 1.54) is 15.7 Å². The summed E-state index contributed by atoms with van der Waals surface area (Å²) in [6, 6.07) is 5.27. The Balaban J connectivity index is 2.30. The monoisotopic (exact) mass is 306 g/mol. The van der Waals surface area contributed by atoms with Gasteiger partial charge in [-0.1, -0.05) is 0 Å². The normalized spacial score (nSPS) is 10.9. The van der Waals surface area contributed by atoms with E-state index in [0.29, 0.717) is 22.7 Å². The largest absolute Gasteiger partial charge is 0.511 e. The second-order valence-corrected chi connectivity index (χ2v) is 5.11. The predicted octanol–water partition coefficient (Wildman–Crippen LogP) is 2.36. The molecule has 0 radical (unpaired) electrons. The molecule has 0 bridgehead atoms. The number of carboxylic acid groups (broad SMARTS) is 1. The standard InChI is InChI=1S/C13H10N2O5S/c1-2-19-7-3-4-8-10(5-7)21-11-9(20-13(17)18)6-14-12(16)15(8)11/h3-6H,2H2,1H3,(H,17,18). The molecule has 0 saturated carbocycles. The summed E-state index contributed by atoms with van der Waals surface area (Å²) in [7, 11) is 0. The molecule has 8 heteroatoms. The average Bonchev–Trinajstić information content (AvgIpc) is 2.81. The van der Waals surface area contributed by atoms with Crippen molar-refractivity contribution in [1.82, 2.24) is 9.38 Å². The molecule has 0 fully saturated rings. The molecule has 7 nitrogen and oxygen atoms in total. The minimum atomic E-state index is -1.45. The van der Waals surface area contributed by atoms with Gasteiger partial charge < -0.3 is 14.6 Å². The molecule has 3 rings (SSSR count). The molecule has 0 saturated heterocycles. The number of nitrogens with zero attached hydrogens (tertiary/aromatic N) is 2. The second-order valence-electron chi connectivity index (χ2n) is 4.08. The van der Waals surface area contributed by atoms with E-state index < -0.39 is 11.8 Å². The molecule has 0 aliphatic carbocycles. The van der Waals surface area contributed by atoms with E-state index in [4.69, 9.17) is 9.84 Å². The maximum atomic E-state index is 11.9. The summed E-state index contributed by atoms with van der Waals surface area (Å²) in [5, 5.41) is 8.73. The number of rotatable bonds is 3. The highest BCUT2D eigenvalue weighted by Gasteiger charge is 2.15. The number of hydrogen-bond acceptors (Lipinski definition) is 6. The number of aromatic nitrogens is 2. The third kappa shape index (κ3) is 2.29. The van der Waals surface area contributed by atoms with Crippen molar-refractivity contribution >= 4 is 32.5 Å². The number of benzene rings is 1. The maximum absolute atomic E-state index is 11.9. The zero-order chi connectivity index (χ0) is 15.0. The van der Waals surface area contributed by atoms with E-state index in [2.05, 4.69) is 9.72 Å². The van der Waals surface area contributed by atoms with Crippen molar-refractivity contribution in [2.75, 3.05) is 6.61 Å². The van der Waals surface area contributed by atoms with Gasteiger partial charge in [0.1, 0.15) is 10.6 Å². The van der Waals surface area contributed by atoms with Crippen molar-refractivity contribution < 1.29 is 19.4 Å². The lowest BCUT2D eigenvalue weighted by Gasteiger charge is -2.02. The zero-order valence-electron chi connectivity index (χ0n) is 10.9. The molecule has 1 aromatic carbocycles. The van der Waals surface area contributed by atoms with Crippen LogP contribution in [0.3, 0.4) is 0 Å². The van der Waals surface area contributed by atoms with Gasteiger partial charge >= 0.3 is 11.8 Å². The fraction of sp³-hybridized carbons (Fsp3) is 0.154. The van der Waals surface area contributed by atoms with Crippen LogP contribution in [0.15, 0.2) is 29.2 Å². The van der Waals surface area contributed by atoms with Crippen LogP contribution in [0.2, 0.25) is 0 Å². The van der Waals surface area contributed by atoms with Crippen LogP contribution >= 0.6 is 11.3 Å². The summed E-state index contributed by atoms with van der Waals surface area (Å²) in [4.78, 5) is 26.7. The van der Waals surface area contributed by atoms with Gasteiger partial charge in [-0.25, -0.2) is 14.0 Å². The van der Waals surface area contributed by atoms with Crippen LogP contribution in [0.25, 0.3) is 15.0 Å². The lowest BCUT2D eigenvalue weighted by Crippen LogP contribution is -2.16. The lowest BCUT2D eigenvalue weighted by molar-refractivity contribution is 0.145. The SMILES string of the molecule is CCOc1ccc2c(c1)sc1c(OC(=O)O)cnc(=O)n12. The van der Waals surface area contributed by atoms with Gasteiger partial charge in [0.15, 0.2) is 5.75 Å². The van der Waals surface area contributed by atoms with Gasteiger partial charge in [0.25, 0.3) is 0 Å². The van der Waals surface area contributed by atoms with E-state index in [9.17, 15) is 9.59 Å². The molecule has 0 spiro atoms. The molecule has 0 amide bonds. The predicted molar refractivity (Wildman–Crippen MR) is 76.7 cm³/mol. The smallest absolute Gasteiger partial charge is 0.494 e. The van der Waals surface area contributed by atoms with E-state index in [-0.39, 0.29) is 5.75 Å². The number of hydrogen-bond donors (Lipinski definition) is 1. The number of carbonyl (C=O) groups is 1. The van der Waals surface area contributed by atoms with Crippen LogP contribution in [0.4, 0.5) is 4.79 Å². The molecule has 0 aliphatic heterocycles. The van der Waals surface area contributed by atoms with Gasteiger partial charge in [-0.3, -0.25) is 0 Å². The molecule has 108 valence electrons. The molecule has 1 N–H and O–H groups in total. The van der Waals surface area contributed by atoms with Crippen molar-refractivity contribution in [1.29, 1.82) is 0 Å². The summed E-state index contributed by atoms with van der Waals surface area (Å²) in [6.45, 7) is 2.41. The Bertz CT molecular complexity index is 899. The first kappa shape index (κ1) is 13.4. The first-order valence-electron chi connectivity index (χ1n) is 6.08. The first-order chi connectivity index (χ1) is 10.1. The molecule has 2 aromatic heterocycles. The minimum Gasteiger partial charge on any atom is -0.494 e. The molecular weight excluding hydrogens is 296 g/mol. The number of ether oxygens (including phenoxy) is 2. The average molecular weight is 306 g/mol. The van der Waals surface area contributed by atoms with Crippen molar-refractivity contribution in [3.63, 3.8) is 0 Å². The Morgan fingerprint density at radius 2 is 2.29 bits per heavy atom. The molecule has 2 heterocycles. The highest BCUT2D eigenvalue weighted by molar-refractivity contribution is 7.24. The fourth-order valence-electron chi connectivity index (χ4n) is 2.02. The Morgan fingerprint density at radius 3 is 3.00 bits per heavy atom. The van der Waals surface area contributed by atoms with Gasteiger partial charge in [-0.15, -0.1) is 11.3 Å². The molecule has 0 unspecified atom stereocenters. The first-order valence-corrected chi connectivity index (χ1v) is 6.89. The Morgan fingerprint density at radius 1 is 1.48 bits per heavy atom. The molecule has 0 aliphatic rings. The highest BCUT2D eigenvalue weighted by Crippen LogP contribution is 2.33. The third-order valence-electron chi connectivity index (χ3n) is 2.78. The van der Waals surface area contributed by atoms with Crippen molar-refractivity contribution in [3.05, 3.63) is 34.9 Å². The lowest BCUT2D eigenvalue weighted by atomic mass is 10.3. The van der Waals surface area contributed by atoms with Crippen LogP contribution in [-0.4, -0.2) is 27.3 Å². The quantitative estimate of drug-likeness (QED) is 0.747. The molecule has 3 aromatic rings. The zero-order valence-corrected chi connectivity index (χ0v) is 11.7. The Labute approximate surface area is 122 Å². The Kier molecular flexibility index (Phi) is 3.22. The minimum absolute atomic E-state index is 0.0289. The Hall–Kier alpha value is -2.61. The van der Waals surface area contributed by atoms with Gasteiger partial charge in [0.2, 0.25) is 0 Å². The highest BCUT2D eigenvalue weighted by atomic mass is 32.1. The van der Waals surface area contributed by atoms with E-state index in [1.807, 2.05) is 6.92 Å². The van der Waals surface area contributed by atoms with Crippen LogP contribution in [0, 0.1) is 0 Å². The summed E-state index contributed by atoms with van der Waals surface area (Å²) in [5.41, 5.74) is 0.143. The summed E-state index contributed by atoms with van der Waals surface area (Å²) >= 11 is 1.24. The van der Waals surface area contributed by atoms with Crippen LogP contribution < -0.4 is 15.2 Å². The third-order valence-corrected chi connectivity index (χ3v) is 3.91. The molecular formula is C13H10N2O5S. The summed E-state index contributed by atoms with van der Waals surface area (Å²) in [6.07, 6.45) is -0.338. The second kappa shape index (κ2) is 5.06. The summed E-state index contributed by atoms with van der Waals surface area (Å²) < 4.78 is 12.2. The van der Waals surface area contributed by atoms with Crippen LogP contribution in [-0.2, 0) is 0 Å².